The number of fused-ring (bicyclic) bond motifs is 7. The van der Waals surface area contributed by atoms with E-state index in [1.54, 1.807) is 0 Å². The maximum absolute atomic E-state index is 6.39. The van der Waals surface area contributed by atoms with Gasteiger partial charge in [0.2, 0.25) is 0 Å². The van der Waals surface area contributed by atoms with Crippen molar-refractivity contribution < 1.29 is 4.42 Å². The van der Waals surface area contributed by atoms with E-state index in [1.807, 2.05) is 36.4 Å². The second kappa shape index (κ2) is 5.63. The molecule has 0 unspecified atom stereocenters. The lowest BCUT2D eigenvalue weighted by atomic mass is 10.1. The quantitative estimate of drug-likeness (QED) is 0.287. The summed E-state index contributed by atoms with van der Waals surface area (Å²) in [7, 11) is 0. The Kier molecular flexibility index (Phi) is 3.17. The summed E-state index contributed by atoms with van der Waals surface area (Å²) in [6.45, 7) is 0. The first-order chi connectivity index (χ1) is 13.7. The van der Waals surface area contributed by atoms with Crippen LogP contribution in [0.2, 0.25) is 0 Å². The van der Waals surface area contributed by atoms with E-state index >= 15 is 0 Å². The van der Waals surface area contributed by atoms with Gasteiger partial charge in [-0.25, -0.2) is 0 Å². The van der Waals surface area contributed by atoms with Crippen LogP contribution in [0.15, 0.2) is 87.8 Å². The molecule has 4 aromatic carbocycles. The topological polar surface area (TPSA) is 44.1 Å². The van der Waals surface area contributed by atoms with Crippen LogP contribution in [-0.2, 0) is 0 Å². The fourth-order valence-electron chi connectivity index (χ4n) is 4.22. The Morgan fingerprint density at radius 3 is 2.39 bits per heavy atom. The van der Waals surface area contributed by atoms with Gasteiger partial charge >= 0.3 is 0 Å². The predicted molar refractivity (Wildman–Crippen MR) is 120 cm³/mol. The van der Waals surface area contributed by atoms with Gasteiger partial charge in [-0.3, -0.25) is 0 Å². The molecule has 0 aliphatic carbocycles. The molecule has 28 heavy (non-hydrogen) atoms. The number of nitrogens with zero attached hydrogens (tertiary/aromatic N) is 1. The summed E-state index contributed by atoms with van der Waals surface area (Å²) in [5.74, 6) is 0. The number of nitrogens with two attached hydrogens (primary N) is 1. The number of furan rings is 1. The lowest BCUT2D eigenvalue weighted by Gasteiger charge is -2.11. The highest BCUT2D eigenvalue weighted by Crippen LogP contribution is 2.41. The van der Waals surface area contributed by atoms with Crippen molar-refractivity contribution in [2.45, 2.75) is 0 Å². The number of para-hydroxylation sites is 2. The second-order valence-corrected chi connectivity index (χ2v) is 7.91. The normalized spacial score (nSPS) is 11.9. The maximum Gasteiger partial charge on any atom is 0.145 e. The minimum absolute atomic E-state index is 0.724. The summed E-state index contributed by atoms with van der Waals surface area (Å²) in [5, 5.41) is 4.55. The average molecular weight is 427 g/mol. The number of anilines is 1. The van der Waals surface area contributed by atoms with Gasteiger partial charge in [0.25, 0.3) is 0 Å². The number of hydrogen-bond acceptors (Lipinski definition) is 2. The van der Waals surface area contributed by atoms with Gasteiger partial charge in [0, 0.05) is 20.6 Å². The zero-order chi connectivity index (χ0) is 18.8. The Hall–Kier alpha value is -3.24. The molecule has 0 aliphatic heterocycles. The zero-order valence-electron chi connectivity index (χ0n) is 14.8. The molecule has 0 fully saturated rings. The zero-order valence-corrected chi connectivity index (χ0v) is 16.4. The number of benzene rings is 4. The van der Waals surface area contributed by atoms with Gasteiger partial charge in [0.1, 0.15) is 11.2 Å². The summed E-state index contributed by atoms with van der Waals surface area (Å²) < 4.78 is 9.51. The highest BCUT2D eigenvalue weighted by atomic mass is 79.9. The molecule has 0 saturated carbocycles. The van der Waals surface area contributed by atoms with Gasteiger partial charge in [-0.1, -0.05) is 52.3 Å². The van der Waals surface area contributed by atoms with Crippen LogP contribution in [0.4, 0.5) is 5.69 Å². The molecule has 0 spiro atoms. The molecule has 0 aliphatic rings. The van der Waals surface area contributed by atoms with Gasteiger partial charge in [-0.05, 0) is 42.5 Å². The lowest BCUT2D eigenvalue weighted by Crippen LogP contribution is -1.99. The number of hydrogen-bond donors (Lipinski definition) is 1. The van der Waals surface area contributed by atoms with Crippen molar-refractivity contribution in [3.8, 4) is 5.69 Å². The fraction of sp³-hybridized carbons (Fsp3) is 0. The van der Waals surface area contributed by atoms with Gasteiger partial charge in [0.15, 0.2) is 0 Å². The number of rotatable bonds is 1. The van der Waals surface area contributed by atoms with E-state index in [0.717, 1.165) is 59.6 Å². The van der Waals surface area contributed by atoms with Crippen molar-refractivity contribution in [3.63, 3.8) is 0 Å². The van der Waals surface area contributed by atoms with Crippen LogP contribution in [-0.4, -0.2) is 4.57 Å². The molecule has 6 rings (SSSR count). The Morgan fingerprint density at radius 2 is 1.54 bits per heavy atom. The fourth-order valence-corrected chi connectivity index (χ4v) is 4.60. The van der Waals surface area contributed by atoms with E-state index in [1.165, 1.54) is 0 Å². The van der Waals surface area contributed by atoms with Gasteiger partial charge in [-0.15, -0.1) is 0 Å². The first-order valence-electron chi connectivity index (χ1n) is 9.11. The van der Waals surface area contributed by atoms with Crippen molar-refractivity contribution in [1.82, 2.24) is 4.57 Å². The predicted octanol–water partition coefficient (Wildman–Crippen LogP) is 7.03. The summed E-state index contributed by atoms with van der Waals surface area (Å²) >= 11 is 3.51. The van der Waals surface area contributed by atoms with Crippen LogP contribution in [0.3, 0.4) is 0 Å². The Morgan fingerprint density at radius 1 is 0.750 bits per heavy atom. The second-order valence-electron chi connectivity index (χ2n) is 6.99. The largest absolute Gasteiger partial charge is 0.455 e. The highest BCUT2D eigenvalue weighted by molar-refractivity contribution is 9.10. The lowest BCUT2D eigenvalue weighted by molar-refractivity contribution is 0.673. The van der Waals surface area contributed by atoms with Crippen molar-refractivity contribution in [3.05, 3.63) is 83.3 Å². The molecule has 0 radical (unpaired) electrons. The van der Waals surface area contributed by atoms with E-state index < -0.39 is 0 Å². The summed E-state index contributed by atoms with van der Waals surface area (Å²) in [5.41, 5.74) is 12.1. The third kappa shape index (κ3) is 2.04. The molecule has 4 heteroatoms. The molecule has 2 N–H and O–H groups in total. The van der Waals surface area contributed by atoms with Crippen molar-refractivity contribution >= 4 is 65.4 Å². The molecular formula is C24H15BrN2O. The molecule has 0 atom stereocenters. The highest BCUT2D eigenvalue weighted by Gasteiger charge is 2.19. The molecule has 134 valence electrons. The van der Waals surface area contributed by atoms with E-state index in [9.17, 15) is 0 Å². The molecule has 0 bridgehead atoms. The van der Waals surface area contributed by atoms with Crippen molar-refractivity contribution in [2.75, 3.05) is 5.73 Å². The molecule has 2 aromatic heterocycles. The first kappa shape index (κ1) is 15.8. The maximum atomic E-state index is 6.39. The van der Waals surface area contributed by atoms with Crippen LogP contribution in [0.1, 0.15) is 0 Å². The van der Waals surface area contributed by atoms with Crippen molar-refractivity contribution in [2.24, 2.45) is 0 Å². The Labute approximate surface area is 169 Å². The number of aromatic nitrogens is 1. The van der Waals surface area contributed by atoms with Crippen LogP contribution in [0, 0.1) is 0 Å². The smallest absolute Gasteiger partial charge is 0.145 e. The molecule has 2 heterocycles. The number of halogens is 1. The van der Waals surface area contributed by atoms with Crippen molar-refractivity contribution in [1.29, 1.82) is 0 Å². The number of nitrogen functional groups attached to an aromatic ring is 1. The average Bonchev–Trinajstić information content (AvgIpc) is 3.24. The molecule has 0 amide bonds. The summed E-state index contributed by atoms with van der Waals surface area (Å²) in [6.07, 6.45) is 0. The first-order valence-corrected chi connectivity index (χ1v) is 9.90. The minimum atomic E-state index is 0.724. The van der Waals surface area contributed by atoms with Crippen LogP contribution in [0.25, 0.3) is 49.4 Å². The van der Waals surface area contributed by atoms with Gasteiger partial charge < -0.3 is 14.7 Å². The van der Waals surface area contributed by atoms with Gasteiger partial charge in [-0.2, -0.15) is 0 Å². The molecular weight excluding hydrogens is 412 g/mol. The van der Waals surface area contributed by atoms with E-state index in [-0.39, 0.29) is 0 Å². The third-order valence-electron chi connectivity index (χ3n) is 5.41. The third-order valence-corrected chi connectivity index (χ3v) is 5.90. The monoisotopic (exact) mass is 426 g/mol. The summed E-state index contributed by atoms with van der Waals surface area (Å²) in [4.78, 5) is 0. The van der Waals surface area contributed by atoms with Crippen LogP contribution < -0.4 is 5.73 Å². The van der Waals surface area contributed by atoms with Gasteiger partial charge in [0.05, 0.1) is 27.8 Å². The Bertz CT molecular complexity index is 1540. The molecule has 6 aromatic rings. The molecule has 3 nitrogen and oxygen atoms in total. The van der Waals surface area contributed by atoms with Crippen LogP contribution in [0.5, 0.6) is 0 Å². The van der Waals surface area contributed by atoms with E-state index in [0.29, 0.717) is 0 Å². The minimum Gasteiger partial charge on any atom is -0.455 e. The summed E-state index contributed by atoms with van der Waals surface area (Å²) in [6, 6.07) is 26.9. The SMILES string of the molecule is Nc1cc(Br)ccc1-n1c2ccccc2c2c3oc4ccccc4c3ccc21. The van der Waals surface area contributed by atoms with Crippen LogP contribution >= 0.6 is 15.9 Å². The Balaban J connectivity index is 1.86. The van der Waals surface area contributed by atoms with E-state index in [4.69, 9.17) is 10.2 Å². The molecule has 0 saturated heterocycles. The van der Waals surface area contributed by atoms with E-state index in [2.05, 4.69) is 63.0 Å². The standard InChI is InChI=1S/C24H15BrN2O/c25-14-9-11-20(18(26)13-14)27-19-7-3-1-6-17(19)23-21(27)12-10-16-15-5-2-4-8-22(15)28-24(16)23/h1-13H,26H2.